The van der Waals surface area contributed by atoms with Gasteiger partial charge in [0.2, 0.25) is 0 Å². The van der Waals surface area contributed by atoms with Crippen LogP contribution in [0.2, 0.25) is 0 Å². The zero-order valence-corrected chi connectivity index (χ0v) is 16.2. The highest BCUT2D eigenvalue weighted by Gasteiger charge is 2.24. The Balaban J connectivity index is 1.81. The smallest absolute Gasteiger partial charge is 0.409 e. The van der Waals surface area contributed by atoms with Crippen LogP contribution in [0.3, 0.4) is 0 Å². The number of carbonyl (C=O) groups excluding carboxylic acids is 1. The number of amides is 1. The van der Waals surface area contributed by atoms with Crippen molar-refractivity contribution >= 4 is 12.1 Å². The second-order valence-electron chi connectivity index (χ2n) is 6.98. The third-order valence-corrected chi connectivity index (χ3v) is 4.76. The topological polar surface area (TPSA) is 60.4 Å². The lowest BCUT2D eigenvalue weighted by atomic mass is 10.2. The van der Waals surface area contributed by atoms with Gasteiger partial charge in [0, 0.05) is 45.8 Å². The van der Waals surface area contributed by atoms with E-state index in [-0.39, 0.29) is 6.09 Å². The summed E-state index contributed by atoms with van der Waals surface area (Å²) in [6, 6.07) is 0. The quantitative estimate of drug-likeness (QED) is 0.579. The summed E-state index contributed by atoms with van der Waals surface area (Å²) < 4.78 is 5.08. The minimum atomic E-state index is -0.205. The second-order valence-corrected chi connectivity index (χ2v) is 6.98. The molecular formula is C18H35N5O2. The lowest BCUT2D eigenvalue weighted by Gasteiger charge is -2.36. The molecule has 1 atom stereocenters. The Labute approximate surface area is 152 Å². The molecule has 2 heterocycles. The number of likely N-dealkylation sites (tertiary alicyclic amines) is 1. The van der Waals surface area contributed by atoms with Gasteiger partial charge in [-0.25, -0.2) is 4.79 Å². The van der Waals surface area contributed by atoms with E-state index < -0.39 is 0 Å². The van der Waals surface area contributed by atoms with E-state index in [1.54, 1.807) is 4.90 Å². The summed E-state index contributed by atoms with van der Waals surface area (Å²) in [6.45, 7) is 14.9. The van der Waals surface area contributed by atoms with Crippen LogP contribution in [0.25, 0.3) is 0 Å². The van der Waals surface area contributed by atoms with Crippen LogP contribution >= 0.6 is 0 Å². The van der Waals surface area contributed by atoms with Crippen molar-refractivity contribution in [2.24, 2.45) is 10.9 Å². The van der Waals surface area contributed by atoms with E-state index in [1.165, 1.54) is 25.9 Å². The summed E-state index contributed by atoms with van der Waals surface area (Å²) >= 11 is 0. The molecule has 0 aliphatic carbocycles. The molecule has 7 nitrogen and oxygen atoms in total. The van der Waals surface area contributed by atoms with Crippen LogP contribution in [0.5, 0.6) is 0 Å². The van der Waals surface area contributed by atoms with Crippen molar-refractivity contribution in [3.05, 3.63) is 0 Å². The van der Waals surface area contributed by atoms with Crippen molar-refractivity contribution in [2.75, 3.05) is 65.5 Å². The number of nitrogens with one attached hydrogen (secondary N) is 1. The highest BCUT2D eigenvalue weighted by molar-refractivity contribution is 5.80. The molecule has 0 spiro atoms. The molecule has 1 unspecified atom stereocenters. The Bertz CT molecular complexity index is 429. The highest BCUT2D eigenvalue weighted by atomic mass is 16.6. The molecule has 2 saturated heterocycles. The van der Waals surface area contributed by atoms with Gasteiger partial charge in [0.05, 0.1) is 6.61 Å². The first kappa shape index (κ1) is 19.8. The minimum absolute atomic E-state index is 0.205. The van der Waals surface area contributed by atoms with Gasteiger partial charge in [-0.3, -0.25) is 4.99 Å². The fourth-order valence-electron chi connectivity index (χ4n) is 3.45. The largest absolute Gasteiger partial charge is 0.450 e. The predicted octanol–water partition coefficient (Wildman–Crippen LogP) is 1.46. The summed E-state index contributed by atoms with van der Waals surface area (Å²) in [6.07, 6.45) is 2.47. The Kier molecular flexibility index (Phi) is 8.31. The van der Waals surface area contributed by atoms with Gasteiger partial charge in [-0.2, -0.15) is 0 Å². The number of nitrogens with zero attached hydrogens (tertiary/aromatic N) is 4. The molecule has 2 aliphatic rings. The minimum Gasteiger partial charge on any atom is -0.450 e. The fourth-order valence-corrected chi connectivity index (χ4v) is 3.45. The van der Waals surface area contributed by atoms with Gasteiger partial charge in [0.25, 0.3) is 0 Å². The molecule has 0 aromatic rings. The van der Waals surface area contributed by atoms with E-state index in [1.807, 2.05) is 6.92 Å². The Morgan fingerprint density at radius 2 is 1.72 bits per heavy atom. The SMILES string of the molecule is CCNC(=NCC(C)CN1CCCC1)N1CCN(C(=O)OCC)CC1. The van der Waals surface area contributed by atoms with E-state index in [0.717, 1.165) is 38.7 Å². The Morgan fingerprint density at radius 3 is 2.32 bits per heavy atom. The molecule has 25 heavy (non-hydrogen) atoms. The molecule has 2 rings (SSSR count). The average Bonchev–Trinajstić information content (AvgIpc) is 3.12. The number of hydrogen-bond donors (Lipinski definition) is 1. The number of carbonyl (C=O) groups is 1. The van der Waals surface area contributed by atoms with Crippen molar-refractivity contribution in [3.8, 4) is 0 Å². The third kappa shape index (κ3) is 6.38. The van der Waals surface area contributed by atoms with Gasteiger partial charge < -0.3 is 24.8 Å². The van der Waals surface area contributed by atoms with E-state index in [0.29, 0.717) is 25.6 Å². The summed E-state index contributed by atoms with van der Waals surface area (Å²) in [7, 11) is 0. The maximum Gasteiger partial charge on any atom is 0.409 e. The first-order valence-electron chi connectivity index (χ1n) is 9.81. The van der Waals surface area contributed by atoms with Crippen LogP contribution in [0, 0.1) is 5.92 Å². The molecule has 0 aromatic carbocycles. The van der Waals surface area contributed by atoms with Crippen LogP contribution < -0.4 is 5.32 Å². The Hall–Kier alpha value is -1.50. The summed E-state index contributed by atoms with van der Waals surface area (Å²) in [5, 5.41) is 3.40. The normalized spacial score (nSPS) is 20.7. The van der Waals surface area contributed by atoms with Crippen LogP contribution in [0.1, 0.15) is 33.6 Å². The van der Waals surface area contributed by atoms with Crippen molar-refractivity contribution in [1.82, 2.24) is 20.0 Å². The van der Waals surface area contributed by atoms with Gasteiger partial charge in [-0.1, -0.05) is 6.92 Å². The van der Waals surface area contributed by atoms with Crippen LogP contribution in [0.4, 0.5) is 4.79 Å². The fraction of sp³-hybridized carbons (Fsp3) is 0.889. The number of guanidine groups is 1. The molecule has 7 heteroatoms. The van der Waals surface area contributed by atoms with E-state index in [2.05, 4.69) is 29.0 Å². The van der Waals surface area contributed by atoms with Gasteiger partial charge in [0.15, 0.2) is 5.96 Å². The lowest BCUT2D eigenvalue weighted by molar-refractivity contribution is 0.0914. The van der Waals surface area contributed by atoms with Crippen molar-refractivity contribution in [3.63, 3.8) is 0 Å². The van der Waals surface area contributed by atoms with E-state index in [4.69, 9.17) is 9.73 Å². The lowest BCUT2D eigenvalue weighted by Crippen LogP contribution is -2.54. The monoisotopic (exact) mass is 353 g/mol. The van der Waals surface area contributed by atoms with Gasteiger partial charge >= 0.3 is 6.09 Å². The summed E-state index contributed by atoms with van der Waals surface area (Å²) in [4.78, 5) is 23.2. The zero-order chi connectivity index (χ0) is 18.1. The molecule has 0 aromatic heterocycles. The van der Waals surface area contributed by atoms with Crippen LogP contribution in [0.15, 0.2) is 4.99 Å². The van der Waals surface area contributed by atoms with Crippen molar-refractivity contribution in [2.45, 2.75) is 33.6 Å². The predicted molar refractivity (Wildman–Crippen MR) is 101 cm³/mol. The van der Waals surface area contributed by atoms with Gasteiger partial charge in [-0.05, 0) is 45.7 Å². The second kappa shape index (κ2) is 10.5. The summed E-state index contributed by atoms with van der Waals surface area (Å²) in [5.74, 6) is 1.53. The number of aliphatic imine (C=N–C) groups is 1. The van der Waals surface area contributed by atoms with E-state index >= 15 is 0 Å². The first-order valence-corrected chi connectivity index (χ1v) is 9.81. The molecule has 2 aliphatic heterocycles. The first-order chi connectivity index (χ1) is 12.1. The third-order valence-electron chi connectivity index (χ3n) is 4.76. The highest BCUT2D eigenvalue weighted by Crippen LogP contribution is 2.11. The standard InChI is InChI=1S/C18H35N5O2/c1-4-19-17(20-14-16(3)15-21-8-6-7-9-21)22-10-12-23(13-11-22)18(24)25-5-2/h16H,4-15H2,1-3H3,(H,19,20). The molecule has 0 saturated carbocycles. The maximum atomic E-state index is 11.8. The van der Waals surface area contributed by atoms with Crippen LogP contribution in [-0.2, 0) is 4.74 Å². The van der Waals surface area contributed by atoms with Gasteiger partial charge in [0.1, 0.15) is 0 Å². The van der Waals surface area contributed by atoms with Gasteiger partial charge in [-0.15, -0.1) is 0 Å². The summed E-state index contributed by atoms with van der Waals surface area (Å²) in [5.41, 5.74) is 0. The molecule has 2 fully saturated rings. The van der Waals surface area contributed by atoms with Crippen molar-refractivity contribution < 1.29 is 9.53 Å². The Morgan fingerprint density at radius 1 is 1.08 bits per heavy atom. The molecule has 1 N–H and O–H groups in total. The molecule has 0 bridgehead atoms. The molecule has 144 valence electrons. The number of ether oxygens (including phenoxy) is 1. The molecule has 1 amide bonds. The number of hydrogen-bond acceptors (Lipinski definition) is 4. The van der Waals surface area contributed by atoms with E-state index in [9.17, 15) is 4.79 Å². The van der Waals surface area contributed by atoms with Crippen LogP contribution in [-0.4, -0.2) is 92.3 Å². The number of rotatable bonds is 6. The zero-order valence-electron chi connectivity index (χ0n) is 16.2. The average molecular weight is 354 g/mol. The molecule has 0 radical (unpaired) electrons. The maximum absolute atomic E-state index is 11.8. The number of piperazine rings is 1. The van der Waals surface area contributed by atoms with Crippen molar-refractivity contribution in [1.29, 1.82) is 0 Å². The molecular weight excluding hydrogens is 318 g/mol.